The lowest BCUT2D eigenvalue weighted by atomic mass is 10.3. The van der Waals surface area contributed by atoms with Crippen molar-refractivity contribution in [1.82, 2.24) is 9.78 Å². The third-order valence-corrected chi connectivity index (χ3v) is 2.63. The van der Waals surface area contributed by atoms with Crippen LogP contribution in [0.2, 0.25) is 5.02 Å². The number of aromatic nitrogens is 2. The first kappa shape index (κ1) is 11.0. The van der Waals surface area contributed by atoms with Crippen molar-refractivity contribution in [3.8, 4) is 0 Å². The number of halogens is 1. The molecule has 3 nitrogen and oxygen atoms in total. The predicted octanol–water partition coefficient (Wildman–Crippen LogP) is 2.96. The van der Waals surface area contributed by atoms with Gasteiger partial charge in [-0.1, -0.05) is 23.7 Å². The van der Waals surface area contributed by atoms with Crippen LogP contribution in [0, 0.1) is 6.92 Å². The molecule has 16 heavy (non-hydrogen) atoms. The number of nitrogens with one attached hydrogen (secondary N) is 1. The fraction of sp³-hybridized carbons (Fsp3) is 0.250. The van der Waals surface area contributed by atoms with E-state index in [2.05, 4.69) is 10.4 Å². The van der Waals surface area contributed by atoms with E-state index in [0.29, 0.717) is 0 Å². The van der Waals surface area contributed by atoms with Gasteiger partial charge in [0.2, 0.25) is 0 Å². The topological polar surface area (TPSA) is 29.9 Å². The third-order valence-electron chi connectivity index (χ3n) is 2.30. The second-order valence-electron chi connectivity index (χ2n) is 3.63. The molecule has 0 saturated carbocycles. The minimum Gasteiger partial charge on any atom is -0.382 e. The van der Waals surface area contributed by atoms with Crippen molar-refractivity contribution >= 4 is 17.3 Å². The summed E-state index contributed by atoms with van der Waals surface area (Å²) in [6, 6.07) is 9.73. The van der Waals surface area contributed by atoms with Gasteiger partial charge < -0.3 is 5.32 Å². The van der Waals surface area contributed by atoms with E-state index >= 15 is 0 Å². The van der Waals surface area contributed by atoms with Crippen LogP contribution < -0.4 is 5.32 Å². The van der Waals surface area contributed by atoms with E-state index in [1.165, 1.54) is 0 Å². The van der Waals surface area contributed by atoms with E-state index in [1.807, 2.05) is 48.1 Å². The molecule has 0 atom stereocenters. The number of anilines is 1. The Morgan fingerprint density at radius 2 is 2.12 bits per heavy atom. The Hall–Kier alpha value is -1.48. The summed E-state index contributed by atoms with van der Waals surface area (Å²) >= 11 is 6.03. The number of rotatable bonds is 4. The molecule has 0 aliphatic rings. The van der Waals surface area contributed by atoms with Gasteiger partial charge in [0.25, 0.3) is 0 Å². The smallest absolute Gasteiger partial charge is 0.0637 e. The first-order chi connectivity index (χ1) is 7.75. The SMILES string of the molecule is Cc1ccn(CCNc2ccccc2Cl)n1. The van der Waals surface area contributed by atoms with Crippen molar-refractivity contribution in [3.05, 3.63) is 47.2 Å². The van der Waals surface area contributed by atoms with Crippen molar-refractivity contribution in [2.45, 2.75) is 13.5 Å². The standard InChI is InChI=1S/C12H14ClN3/c1-10-6-8-16(15-10)9-7-14-12-5-3-2-4-11(12)13/h2-6,8,14H,7,9H2,1H3. The number of hydrogen-bond donors (Lipinski definition) is 1. The first-order valence-corrected chi connectivity index (χ1v) is 5.62. The number of benzene rings is 1. The molecule has 0 radical (unpaired) electrons. The summed E-state index contributed by atoms with van der Waals surface area (Å²) in [7, 11) is 0. The second-order valence-corrected chi connectivity index (χ2v) is 4.03. The van der Waals surface area contributed by atoms with Crippen molar-refractivity contribution in [2.24, 2.45) is 0 Å². The number of aryl methyl sites for hydroxylation is 1. The molecule has 2 aromatic rings. The van der Waals surface area contributed by atoms with Crippen LogP contribution in [0.15, 0.2) is 36.5 Å². The van der Waals surface area contributed by atoms with Gasteiger partial charge in [0, 0.05) is 12.7 Å². The Bertz CT molecular complexity index is 465. The highest BCUT2D eigenvalue weighted by Gasteiger charge is 1.98. The Kier molecular flexibility index (Phi) is 3.47. The molecule has 4 heteroatoms. The average Bonchev–Trinajstić information content (AvgIpc) is 2.67. The zero-order chi connectivity index (χ0) is 11.4. The molecular formula is C12H14ClN3. The van der Waals surface area contributed by atoms with Gasteiger partial charge in [0.1, 0.15) is 0 Å². The molecule has 0 saturated heterocycles. The van der Waals surface area contributed by atoms with E-state index in [4.69, 9.17) is 11.6 Å². The summed E-state index contributed by atoms with van der Waals surface area (Å²) in [6.45, 7) is 3.63. The van der Waals surface area contributed by atoms with E-state index < -0.39 is 0 Å². The fourth-order valence-electron chi connectivity index (χ4n) is 1.50. The van der Waals surface area contributed by atoms with Gasteiger partial charge in [0.05, 0.1) is 22.9 Å². The summed E-state index contributed by atoms with van der Waals surface area (Å²) in [5.74, 6) is 0. The lowest BCUT2D eigenvalue weighted by Crippen LogP contribution is -2.11. The normalized spacial score (nSPS) is 10.4. The van der Waals surface area contributed by atoms with E-state index in [9.17, 15) is 0 Å². The van der Waals surface area contributed by atoms with Crippen LogP contribution in [0.5, 0.6) is 0 Å². The Morgan fingerprint density at radius 1 is 1.31 bits per heavy atom. The van der Waals surface area contributed by atoms with Gasteiger partial charge in [-0.15, -0.1) is 0 Å². The largest absolute Gasteiger partial charge is 0.382 e. The zero-order valence-corrected chi connectivity index (χ0v) is 9.91. The third kappa shape index (κ3) is 2.76. The van der Waals surface area contributed by atoms with Crippen LogP contribution in [-0.4, -0.2) is 16.3 Å². The molecule has 0 bridgehead atoms. The molecule has 0 spiro atoms. The highest BCUT2D eigenvalue weighted by Crippen LogP contribution is 2.19. The lowest BCUT2D eigenvalue weighted by molar-refractivity contribution is 0.632. The number of para-hydroxylation sites is 1. The van der Waals surface area contributed by atoms with Gasteiger partial charge >= 0.3 is 0 Å². The Morgan fingerprint density at radius 3 is 2.81 bits per heavy atom. The maximum atomic E-state index is 6.03. The summed E-state index contributed by atoms with van der Waals surface area (Å²) in [5.41, 5.74) is 2.01. The minimum absolute atomic E-state index is 0.749. The molecule has 0 fully saturated rings. The van der Waals surface area contributed by atoms with E-state index in [1.54, 1.807) is 0 Å². The van der Waals surface area contributed by atoms with Crippen LogP contribution in [0.3, 0.4) is 0 Å². The Balaban J connectivity index is 1.87. The van der Waals surface area contributed by atoms with Crippen LogP contribution in [0.4, 0.5) is 5.69 Å². The molecule has 0 unspecified atom stereocenters. The molecule has 1 N–H and O–H groups in total. The molecule has 1 aromatic heterocycles. The van der Waals surface area contributed by atoms with Crippen molar-refractivity contribution in [3.63, 3.8) is 0 Å². The van der Waals surface area contributed by atoms with Crippen molar-refractivity contribution in [2.75, 3.05) is 11.9 Å². The zero-order valence-electron chi connectivity index (χ0n) is 9.15. The lowest BCUT2D eigenvalue weighted by Gasteiger charge is -2.07. The second kappa shape index (κ2) is 5.03. The quantitative estimate of drug-likeness (QED) is 0.883. The molecule has 0 aliphatic carbocycles. The molecule has 0 amide bonds. The maximum absolute atomic E-state index is 6.03. The molecule has 0 aliphatic heterocycles. The average molecular weight is 236 g/mol. The first-order valence-electron chi connectivity index (χ1n) is 5.24. The van der Waals surface area contributed by atoms with Gasteiger partial charge in [-0.05, 0) is 25.1 Å². The van der Waals surface area contributed by atoms with Gasteiger partial charge in [-0.25, -0.2) is 0 Å². The van der Waals surface area contributed by atoms with Crippen molar-refractivity contribution in [1.29, 1.82) is 0 Å². The van der Waals surface area contributed by atoms with Gasteiger partial charge in [0.15, 0.2) is 0 Å². The van der Waals surface area contributed by atoms with Gasteiger partial charge in [-0.3, -0.25) is 4.68 Å². The summed E-state index contributed by atoms with van der Waals surface area (Å²) in [5, 5.41) is 8.34. The molecule has 84 valence electrons. The number of nitrogens with zero attached hydrogens (tertiary/aromatic N) is 2. The van der Waals surface area contributed by atoms with Crippen LogP contribution >= 0.6 is 11.6 Å². The van der Waals surface area contributed by atoms with Crippen LogP contribution in [0.1, 0.15) is 5.69 Å². The van der Waals surface area contributed by atoms with Crippen LogP contribution in [0.25, 0.3) is 0 Å². The van der Waals surface area contributed by atoms with Gasteiger partial charge in [-0.2, -0.15) is 5.10 Å². The van der Waals surface area contributed by atoms with Crippen LogP contribution in [-0.2, 0) is 6.54 Å². The maximum Gasteiger partial charge on any atom is 0.0637 e. The molecular weight excluding hydrogens is 222 g/mol. The molecule has 2 rings (SSSR count). The summed E-state index contributed by atoms with van der Waals surface area (Å²) in [6.07, 6.45) is 1.98. The Labute approximate surface area is 100 Å². The van der Waals surface area contributed by atoms with Crippen molar-refractivity contribution < 1.29 is 0 Å². The summed E-state index contributed by atoms with van der Waals surface area (Å²) in [4.78, 5) is 0. The minimum atomic E-state index is 0.749. The highest BCUT2D eigenvalue weighted by atomic mass is 35.5. The molecule has 1 heterocycles. The summed E-state index contributed by atoms with van der Waals surface area (Å²) < 4.78 is 1.92. The highest BCUT2D eigenvalue weighted by molar-refractivity contribution is 6.33. The molecule has 1 aromatic carbocycles. The number of hydrogen-bond acceptors (Lipinski definition) is 2. The van der Waals surface area contributed by atoms with E-state index in [-0.39, 0.29) is 0 Å². The fourth-order valence-corrected chi connectivity index (χ4v) is 1.70. The predicted molar refractivity (Wildman–Crippen MR) is 66.9 cm³/mol. The van der Waals surface area contributed by atoms with E-state index in [0.717, 1.165) is 29.5 Å². The monoisotopic (exact) mass is 235 g/mol.